The molecule has 2 aliphatic heterocycles. The molecule has 0 radical (unpaired) electrons. The lowest BCUT2D eigenvalue weighted by Crippen LogP contribution is -2.56. The minimum atomic E-state index is -1.03. The lowest BCUT2D eigenvalue weighted by molar-refractivity contribution is -0.141. The molecule has 14 heteroatoms. The van der Waals surface area contributed by atoms with E-state index in [0.29, 0.717) is 45.2 Å². The molecule has 2 fully saturated rings. The number of likely N-dealkylation sites (tertiary alicyclic amines) is 2. The largest absolute Gasteiger partial charge is 0.347 e. The van der Waals surface area contributed by atoms with Crippen LogP contribution in [0.25, 0.3) is 0 Å². The first-order valence-electron chi connectivity index (χ1n) is 22.8. The van der Waals surface area contributed by atoms with Crippen LogP contribution in [0.3, 0.4) is 0 Å². The van der Waals surface area contributed by atoms with E-state index in [4.69, 9.17) is 0 Å². The van der Waals surface area contributed by atoms with Crippen molar-refractivity contribution in [3.63, 3.8) is 0 Å². The van der Waals surface area contributed by atoms with Gasteiger partial charge in [-0.15, -0.1) is 0 Å². The lowest BCUT2D eigenvalue weighted by atomic mass is 9.87. The maximum Gasteiger partial charge on any atom is 0.246 e. The van der Waals surface area contributed by atoms with Gasteiger partial charge in [-0.05, 0) is 126 Å². The van der Waals surface area contributed by atoms with Crippen LogP contribution in [0.2, 0.25) is 0 Å². The molecule has 2 aromatic carbocycles. The Hall–Kier alpha value is -5.70. The van der Waals surface area contributed by atoms with Gasteiger partial charge in [0.05, 0.1) is 24.2 Å². The molecule has 63 heavy (non-hydrogen) atoms. The van der Waals surface area contributed by atoms with Gasteiger partial charge in [-0.2, -0.15) is 0 Å². The van der Waals surface area contributed by atoms with E-state index in [1.807, 2.05) is 37.3 Å². The second-order valence-corrected chi connectivity index (χ2v) is 17.1. The Morgan fingerprint density at radius 2 is 1.08 bits per heavy atom. The Balaban J connectivity index is 1.13. The standard InChI is InChI=1S/C49H64N8O6/c1-5-37(51-4)45(59)55-41(49(63)57-31-17-29-43(57)47(61)53-39-27-15-21-34-19-11-13-23-36(34)39)25-9-7-6-8-24-40(54-44(58)32(2)50-3)48(62)56-30-16-28-42(56)46(60)52-38-26-14-20-33-18-10-12-22-35(33)38/h10-13,18-19,22-23,32,37-43,50-51H,5,14-17,20-21,24-31H2,1-4H3,(H,52,60)(H,53,61)(H,54,58)(H,55,59)/t32-,37+,38+,39+,40-,41-,42-,43-/m0/s1. The van der Waals surface area contributed by atoms with Gasteiger partial charge in [0.2, 0.25) is 35.4 Å². The monoisotopic (exact) mass is 860 g/mol. The first-order chi connectivity index (χ1) is 30.5. The number of nitrogens with one attached hydrogen (secondary N) is 6. The van der Waals surface area contributed by atoms with Crippen molar-refractivity contribution < 1.29 is 28.8 Å². The molecule has 0 aromatic heterocycles. The van der Waals surface area contributed by atoms with E-state index in [1.54, 1.807) is 30.8 Å². The van der Waals surface area contributed by atoms with Crippen molar-refractivity contribution in [2.45, 2.75) is 146 Å². The molecule has 14 nitrogen and oxygen atoms in total. The van der Waals surface area contributed by atoms with Crippen LogP contribution in [0, 0.1) is 23.7 Å². The van der Waals surface area contributed by atoms with Crippen molar-refractivity contribution in [2.75, 3.05) is 27.2 Å². The van der Waals surface area contributed by atoms with Gasteiger partial charge in [0.1, 0.15) is 24.2 Å². The molecular weight excluding hydrogens is 797 g/mol. The second kappa shape index (κ2) is 22.6. The first-order valence-corrected chi connectivity index (χ1v) is 22.8. The van der Waals surface area contributed by atoms with Gasteiger partial charge in [0.15, 0.2) is 0 Å². The number of hydrogen-bond donors (Lipinski definition) is 6. The Labute approximate surface area is 372 Å². The van der Waals surface area contributed by atoms with Gasteiger partial charge in [-0.25, -0.2) is 0 Å². The van der Waals surface area contributed by atoms with Crippen molar-refractivity contribution in [2.24, 2.45) is 0 Å². The molecule has 2 heterocycles. The summed E-state index contributed by atoms with van der Waals surface area (Å²) >= 11 is 0. The fourth-order valence-corrected chi connectivity index (χ4v) is 9.37. The lowest BCUT2D eigenvalue weighted by Gasteiger charge is -2.31. The van der Waals surface area contributed by atoms with Gasteiger partial charge in [0.25, 0.3) is 0 Å². The normalized spacial score (nSPS) is 22.0. The van der Waals surface area contributed by atoms with Crippen molar-refractivity contribution in [3.8, 4) is 23.7 Å². The van der Waals surface area contributed by atoms with Crippen LogP contribution in [0.1, 0.15) is 119 Å². The van der Waals surface area contributed by atoms with E-state index >= 15 is 0 Å². The van der Waals surface area contributed by atoms with Crippen molar-refractivity contribution in [1.29, 1.82) is 0 Å². The molecule has 0 spiro atoms. The molecule has 6 rings (SSSR count). The predicted molar refractivity (Wildman–Crippen MR) is 240 cm³/mol. The minimum absolute atomic E-state index is 0.0605. The number of nitrogens with zero attached hydrogens (tertiary/aromatic N) is 2. The fourth-order valence-electron chi connectivity index (χ4n) is 9.37. The summed E-state index contributed by atoms with van der Waals surface area (Å²) in [6, 6.07) is 11.5. The van der Waals surface area contributed by atoms with Crippen LogP contribution in [-0.4, -0.2) is 109 Å². The van der Waals surface area contributed by atoms with Gasteiger partial charge in [0, 0.05) is 25.9 Å². The zero-order valence-electron chi connectivity index (χ0n) is 37.2. The van der Waals surface area contributed by atoms with Crippen LogP contribution < -0.4 is 31.9 Å². The molecule has 2 aromatic rings. The Kier molecular flexibility index (Phi) is 16.8. The SMILES string of the molecule is CC[C@@H](NC)C(=O)N[C@@H](CC#CC#CC[C@H](NC(=O)[C@H](C)NC)C(=O)N1CCC[C@H]1C(=O)N[C@@H]1CCCc2ccccc21)C(=O)N1CCC[C@H]1C(=O)N[C@@H]1CCCc2ccccc21. The van der Waals surface area contributed by atoms with E-state index in [9.17, 15) is 28.8 Å². The number of fused-ring (bicyclic) bond motifs is 2. The highest BCUT2D eigenvalue weighted by atomic mass is 16.2. The molecular formula is C49H64N8O6. The molecule has 6 N–H and O–H groups in total. The summed E-state index contributed by atoms with van der Waals surface area (Å²) in [5.74, 6) is 9.48. The molecule has 2 aliphatic carbocycles. The Morgan fingerprint density at radius 1 is 0.619 bits per heavy atom. The number of likely N-dealkylation sites (N-methyl/N-ethyl adjacent to an activating group) is 2. The second-order valence-electron chi connectivity index (χ2n) is 17.1. The molecule has 0 bridgehead atoms. The summed E-state index contributed by atoms with van der Waals surface area (Å²) in [5, 5.41) is 18.0. The molecule has 0 saturated carbocycles. The smallest absolute Gasteiger partial charge is 0.246 e. The highest BCUT2D eigenvalue weighted by molar-refractivity contribution is 5.95. The van der Waals surface area contributed by atoms with Crippen LogP contribution >= 0.6 is 0 Å². The molecule has 6 amide bonds. The third-order valence-electron chi connectivity index (χ3n) is 13.0. The molecule has 4 aliphatic rings. The average Bonchev–Trinajstić information content (AvgIpc) is 4.01. The first kappa shape index (κ1) is 46.8. The number of amides is 6. The zero-order chi connectivity index (χ0) is 44.9. The van der Waals surface area contributed by atoms with E-state index in [1.165, 1.54) is 11.1 Å². The summed E-state index contributed by atoms with van der Waals surface area (Å²) in [4.78, 5) is 85.4. The van der Waals surface area contributed by atoms with E-state index in [2.05, 4.69) is 73.8 Å². The van der Waals surface area contributed by atoms with E-state index in [-0.39, 0.29) is 54.5 Å². The van der Waals surface area contributed by atoms with Crippen LogP contribution in [0.4, 0.5) is 0 Å². The number of hydrogen-bond acceptors (Lipinski definition) is 8. The Bertz CT molecular complexity index is 2120. The van der Waals surface area contributed by atoms with Crippen LogP contribution in [0.5, 0.6) is 0 Å². The minimum Gasteiger partial charge on any atom is -0.347 e. The molecule has 2 saturated heterocycles. The number of aryl methyl sites for hydroxylation is 2. The highest BCUT2D eigenvalue weighted by Crippen LogP contribution is 2.32. The third-order valence-corrected chi connectivity index (χ3v) is 13.0. The van der Waals surface area contributed by atoms with Crippen molar-refractivity contribution in [3.05, 3.63) is 70.8 Å². The fraction of sp³-hybridized carbons (Fsp3) is 0.551. The van der Waals surface area contributed by atoms with Crippen molar-refractivity contribution in [1.82, 2.24) is 41.7 Å². The van der Waals surface area contributed by atoms with E-state index < -0.39 is 42.2 Å². The summed E-state index contributed by atoms with van der Waals surface area (Å²) in [6.07, 6.45) is 8.21. The maximum absolute atomic E-state index is 14.2. The summed E-state index contributed by atoms with van der Waals surface area (Å²) in [5.41, 5.74) is 4.68. The molecule has 0 unspecified atom stereocenters. The van der Waals surface area contributed by atoms with Gasteiger partial charge < -0.3 is 41.7 Å². The highest BCUT2D eigenvalue weighted by Gasteiger charge is 2.40. The summed E-state index contributed by atoms with van der Waals surface area (Å²) in [6.45, 7) is 4.31. The number of rotatable bonds is 15. The number of carbonyl (C=O) groups excluding carboxylic acids is 6. The van der Waals surface area contributed by atoms with Crippen LogP contribution in [0.15, 0.2) is 48.5 Å². The molecule has 8 atom stereocenters. The quantitative estimate of drug-likeness (QED) is 0.148. The zero-order valence-corrected chi connectivity index (χ0v) is 37.2. The predicted octanol–water partition coefficient (Wildman–Crippen LogP) is 2.72. The summed E-state index contributed by atoms with van der Waals surface area (Å²) < 4.78 is 0. The maximum atomic E-state index is 14.2. The Morgan fingerprint density at radius 3 is 1.52 bits per heavy atom. The van der Waals surface area contributed by atoms with E-state index in [0.717, 1.165) is 49.7 Å². The third kappa shape index (κ3) is 11.7. The number of benzene rings is 2. The summed E-state index contributed by atoms with van der Waals surface area (Å²) in [7, 11) is 3.33. The van der Waals surface area contributed by atoms with Crippen LogP contribution in [-0.2, 0) is 41.6 Å². The van der Waals surface area contributed by atoms with Gasteiger partial charge in [-0.1, -0.05) is 67.3 Å². The van der Waals surface area contributed by atoms with Crippen molar-refractivity contribution >= 4 is 35.4 Å². The topological polar surface area (TPSA) is 181 Å². The average molecular weight is 861 g/mol. The van der Waals surface area contributed by atoms with Gasteiger partial charge in [-0.3, -0.25) is 28.8 Å². The molecule has 336 valence electrons. The van der Waals surface area contributed by atoms with Gasteiger partial charge >= 0.3 is 0 Å². The number of carbonyl (C=O) groups is 6.